The van der Waals surface area contributed by atoms with Crippen molar-refractivity contribution >= 4 is 29.1 Å². The molecule has 3 nitrogen and oxygen atoms in total. The number of hydrogen-bond donors (Lipinski definition) is 1. The Morgan fingerprint density at radius 2 is 1.88 bits per heavy atom. The third-order valence-electron chi connectivity index (χ3n) is 2.03. The van der Waals surface area contributed by atoms with E-state index in [1.54, 1.807) is 6.21 Å². The molecule has 0 unspecified atom stereocenters. The number of nitrogens with one attached hydrogen (secondary N) is 1. The van der Waals surface area contributed by atoms with Crippen molar-refractivity contribution in [3.63, 3.8) is 0 Å². The van der Waals surface area contributed by atoms with Crippen molar-refractivity contribution in [2.45, 2.75) is 53.2 Å². The lowest BCUT2D eigenvalue weighted by Crippen LogP contribution is -2.18. The van der Waals surface area contributed by atoms with Gasteiger partial charge < -0.3 is 4.74 Å². The fraction of sp³-hybridized carbons (Fsp3) is 0.750. The number of aliphatic imine (C=N–C) groups is 1. The predicted octanol–water partition coefficient (Wildman–Crippen LogP) is 3.70. The van der Waals surface area contributed by atoms with Crippen LogP contribution in [0.15, 0.2) is 17.0 Å². The number of allylic oxidation sites excluding steroid dienone is 1. The molecule has 94 valence electrons. The highest BCUT2D eigenvalue weighted by molar-refractivity contribution is 14.1. The van der Waals surface area contributed by atoms with Crippen LogP contribution in [0.5, 0.6) is 0 Å². The average molecular weight is 338 g/mol. The van der Waals surface area contributed by atoms with Crippen molar-refractivity contribution in [1.29, 1.82) is 0 Å². The highest BCUT2D eigenvalue weighted by Gasteiger charge is 2.09. The highest BCUT2D eigenvalue weighted by atomic mass is 127. The summed E-state index contributed by atoms with van der Waals surface area (Å²) in [6.45, 7) is 12.5. The van der Waals surface area contributed by atoms with Crippen LogP contribution in [0, 0.1) is 5.92 Å². The largest absolute Gasteiger partial charge is 0.475 e. The molecular formula is C12H23IN2O. The first-order chi connectivity index (χ1) is 7.26. The van der Waals surface area contributed by atoms with Crippen molar-refractivity contribution < 1.29 is 4.74 Å². The maximum Gasteiger partial charge on any atom is 0.197 e. The number of hydrogen-bond acceptors (Lipinski definition) is 3. The van der Waals surface area contributed by atoms with Crippen LogP contribution in [-0.2, 0) is 4.74 Å². The molecule has 4 heteroatoms. The van der Waals surface area contributed by atoms with Gasteiger partial charge in [-0.2, -0.15) is 0 Å². The highest BCUT2D eigenvalue weighted by Crippen LogP contribution is 2.10. The molecule has 0 bridgehead atoms. The monoisotopic (exact) mass is 338 g/mol. The first-order valence-corrected chi connectivity index (χ1v) is 6.63. The lowest BCUT2D eigenvalue weighted by atomic mass is 10.1. The van der Waals surface area contributed by atoms with Crippen LogP contribution < -0.4 is 3.53 Å². The summed E-state index contributed by atoms with van der Waals surface area (Å²) in [5.41, 5.74) is -0.0451. The SMILES string of the molecule is CC(C)[C@@H](C)OC(=CC=NC(C)(C)C)NI. The fourth-order valence-corrected chi connectivity index (χ4v) is 1.06. The number of nitrogens with zero attached hydrogens (tertiary/aromatic N) is 1. The van der Waals surface area contributed by atoms with Gasteiger partial charge in [0.2, 0.25) is 0 Å². The Bertz CT molecular complexity index is 254. The Morgan fingerprint density at radius 3 is 2.25 bits per heavy atom. The molecule has 0 heterocycles. The minimum Gasteiger partial charge on any atom is -0.475 e. The first-order valence-electron chi connectivity index (χ1n) is 5.55. The van der Waals surface area contributed by atoms with Crippen molar-refractivity contribution in [3.05, 3.63) is 12.0 Å². The summed E-state index contributed by atoms with van der Waals surface area (Å²) in [7, 11) is 0. The van der Waals surface area contributed by atoms with Crippen LogP contribution in [0.25, 0.3) is 0 Å². The van der Waals surface area contributed by atoms with Crippen molar-refractivity contribution in [2.24, 2.45) is 10.9 Å². The molecule has 0 aliphatic rings. The minimum absolute atomic E-state index is 0.0451. The van der Waals surface area contributed by atoms with E-state index in [-0.39, 0.29) is 11.6 Å². The van der Waals surface area contributed by atoms with Gasteiger partial charge in [0, 0.05) is 12.3 Å². The maximum atomic E-state index is 5.73. The Kier molecular flexibility index (Phi) is 7.03. The van der Waals surface area contributed by atoms with E-state index in [9.17, 15) is 0 Å². The first kappa shape index (κ1) is 15.7. The minimum atomic E-state index is -0.0451. The van der Waals surface area contributed by atoms with Gasteiger partial charge in [0.25, 0.3) is 0 Å². The summed E-state index contributed by atoms with van der Waals surface area (Å²) < 4.78 is 8.72. The van der Waals surface area contributed by atoms with Gasteiger partial charge in [0.1, 0.15) is 0 Å². The molecule has 0 saturated carbocycles. The van der Waals surface area contributed by atoms with Gasteiger partial charge in [-0.15, -0.1) is 0 Å². The Labute approximate surface area is 113 Å². The summed E-state index contributed by atoms with van der Waals surface area (Å²) in [5.74, 6) is 1.24. The molecule has 0 amide bonds. The van der Waals surface area contributed by atoms with Crippen LogP contribution in [-0.4, -0.2) is 17.9 Å². The second-order valence-electron chi connectivity index (χ2n) is 5.14. The maximum absolute atomic E-state index is 5.73. The van der Waals surface area contributed by atoms with Crippen molar-refractivity contribution in [1.82, 2.24) is 3.53 Å². The zero-order chi connectivity index (χ0) is 12.8. The Morgan fingerprint density at radius 1 is 1.31 bits per heavy atom. The van der Waals surface area contributed by atoms with Crippen LogP contribution in [0.3, 0.4) is 0 Å². The van der Waals surface area contributed by atoms with Crippen LogP contribution in [0.1, 0.15) is 41.5 Å². The molecule has 0 aliphatic carbocycles. The topological polar surface area (TPSA) is 33.6 Å². The van der Waals surface area contributed by atoms with Gasteiger partial charge in [0.15, 0.2) is 5.88 Å². The van der Waals surface area contributed by atoms with E-state index in [2.05, 4.69) is 72.9 Å². The fourth-order valence-electron chi connectivity index (χ4n) is 0.758. The Hall–Kier alpha value is -0.260. The molecule has 0 saturated heterocycles. The van der Waals surface area contributed by atoms with Crippen molar-refractivity contribution in [2.75, 3.05) is 0 Å². The van der Waals surface area contributed by atoms with Gasteiger partial charge >= 0.3 is 0 Å². The molecule has 1 N–H and O–H groups in total. The number of rotatable bonds is 5. The van der Waals surface area contributed by atoms with E-state index in [4.69, 9.17) is 4.74 Å². The summed E-state index contributed by atoms with van der Waals surface area (Å²) in [6.07, 6.45) is 3.83. The molecule has 0 spiro atoms. The standard InChI is InChI=1S/C12H23IN2O/c1-9(2)10(3)16-11(15-13)7-8-14-12(4,5)6/h7-10,15H,1-6H3/t10-/m1/s1. The molecule has 0 radical (unpaired) electrons. The van der Waals surface area contributed by atoms with Crippen molar-refractivity contribution in [3.8, 4) is 0 Å². The third kappa shape index (κ3) is 7.96. The van der Waals surface area contributed by atoms with E-state index < -0.39 is 0 Å². The lowest BCUT2D eigenvalue weighted by Gasteiger charge is -2.19. The molecule has 16 heavy (non-hydrogen) atoms. The van der Waals surface area contributed by atoms with E-state index in [0.29, 0.717) is 5.92 Å². The zero-order valence-electron chi connectivity index (χ0n) is 11.0. The zero-order valence-corrected chi connectivity index (χ0v) is 13.2. The molecule has 1 atom stereocenters. The normalized spacial score (nSPS) is 15.6. The van der Waals surface area contributed by atoms with Gasteiger partial charge in [-0.05, 0) is 33.6 Å². The van der Waals surface area contributed by atoms with Crippen LogP contribution >= 0.6 is 22.9 Å². The lowest BCUT2D eigenvalue weighted by molar-refractivity contribution is 0.0885. The smallest absolute Gasteiger partial charge is 0.197 e. The van der Waals surface area contributed by atoms with Gasteiger partial charge in [-0.25, -0.2) is 0 Å². The van der Waals surface area contributed by atoms with E-state index in [0.717, 1.165) is 5.88 Å². The van der Waals surface area contributed by atoms with E-state index in [1.165, 1.54) is 0 Å². The number of halogens is 1. The van der Waals surface area contributed by atoms with E-state index >= 15 is 0 Å². The van der Waals surface area contributed by atoms with Gasteiger partial charge in [0.05, 0.1) is 34.5 Å². The molecule has 0 aliphatic heterocycles. The third-order valence-corrected chi connectivity index (χ3v) is 2.56. The predicted molar refractivity (Wildman–Crippen MR) is 78.9 cm³/mol. The van der Waals surface area contributed by atoms with Crippen LogP contribution in [0.4, 0.5) is 0 Å². The average Bonchev–Trinajstić information content (AvgIpc) is 2.13. The summed E-state index contributed by atoms with van der Waals surface area (Å²) in [4.78, 5) is 4.37. The molecular weight excluding hydrogens is 315 g/mol. The molecule has 0 aromatic rings. The molecule has 0 aromatic heterocycles. The van der Waals surface area contributed by atoms with Crippen LogP contribution in [0.2, 0.25) is 0 Å². The quantitative estimate of drug-likeness (QED) is 0.359. The molecule has 0 fully saturated rings. The second kappa shape index (κ2) is 7.14. The molecule has 0 rings (SSSR count). The number of ether oxygens (including phenoxy) is 1. The summed E-state index contributed by atoms with van der Waals surface area (Å²) in [5, 5.41) is 0. The second-order valence-corrected chi connectivity index (χ2v) is 5.68. The molecule has 0 aromatic carbocycles. The summed E-state index contributed by atoms with van der Waals surface area (Å²) in [6, 6.07) is 0. The Balaban J connectivity index is 4.39. The van der Waals surface area contributed by atoms with Gasteiger partial charge in [-0.1, -0.05) is 13.8 Å². The summed E-state index contributed by atoms with van der Waals surface area (Å²) >= 11 is 2.06. The van der Waals surface area contributed by atoms with E-state index in [1.807, 2.05) is 6.08 Å². The van der Waals surface area contributed by atoms with Gasteiger partial charge in [-0.3, -0.25) is 8.52 Å².